The van der Waals surface area contributed by atoms with Gasteiger partial charge in [0.1, 0.15) is 0 Å². The molecule has 25 heavy (non-hydrogen) atoms. The predicted molar refractivity (Wildman–Crippen MR) is 90.0 cm³/mol. The maximum absolute atomic E-state index is 12.9. The number of carbonyl (C=O) groups is 2. The quantitative estimate of drug-likeness (QED) is 0.764. The Hall–Kier alpha value is -3.00. The molecule has 1 aromatic heterocycles. The molecule has 8 heteroatoms. The summed E-state index contributed by atoms with van der Waals surface area (Å²) in [6.45, 7) is 1.69. The van der Waals surface area contributed by atoms with Crippen LogP contribution in [0.1, 0.15) is 28.7 Å². The van der Waals surface area contributed by atoms with Gasteiger partial charge in [-0.25, -0.2) is 0 Å². The SMILES string of the molecule is COCc1ccc(NC(C)=O)c(C(=O)c2nc(OC)cc(OC)n2)c1. The van der Waals surface area contributed by atoms with Crippen LogP contribution >= 0.6 is 0 Å². The molecule has 0 fully saturated rings. The van der Waals surface area contributed by atoms with Crippen molar-refractivity contribution in [3.63, 3.8) is 0 Å². The number of nitrogens with zero attached hydrogens (tertiary/aromatic N) is 2. The summed E-state index contributed by atoms with van der Waals surface area (Å²) in [6.07, 6.45) is 0. The zero-order valence-corrected chi connectivity index (χ0v) is 14.5. The highest BCUT2D eigenvalue weighted by Crippen LogP contribution is 2.23. The number of amides is 1. The summed E-state index contributed by atoms with van der Waals surface area (Å²) in [7, 11) is 4.41. The van der Waals surface area contributed by atoms with Crippen LogP contribution in [0.4, 0.5) is 5.69 Å². The number of nitrogens with one attached hydrogen (secondary N) is 1. The average Bonchev–Trinajstić information content (AvgIpc) is 2.61. The number of methoxy groups -OCH3 is 3. The smallest absolute Gasteiger partial charge is 0.232 e. The fourth-order valence-corrected chi connectivity index (χ4v) is 2.17. The molecule has 0 unspecified atom stereocenters. The van der Waals surface area contributed by atoms with E-state index in [1.165, 1.54) is 27.2 Å². The first-order valence-corrected chi connectivity index (χ1v) is 7.39. The highest BCUT2D eigenvalue weighted by atomic mass is 16.5. The summed E-state index contributed by atoms with van der Waals surface area (Å²) in [5, 5.41) is 2.63. The first-order valence-electron chi connectivity index (χ1n) is 7.39. The van der Waals surface area contributed by atoms with Crippen LogP contribution in [0, 0.1) is 0 Å². The van der Waals surface area contributed by atoms with E-state index < -0.39 is 5.78 Å². The van der Waals surface area contributed by atoms with Crippen molar-refractivity contribution in [3.8, 4) is 11.8 Å². The van der Waals surface area contributed by atoms with E-state index in [-0.39, 0.29) is 29.1 Å². The zero-order chi connectivity index (χ0) is 18.4. The standard InChI is InChI=1S/C17H19N3O5/c1-10(21)18-13-6-5-11(9-23-2)7-12(13)16(22)17-19-14(24-3)8-15(20-17)25-4/h5-8H,9H2,1-4H3,(H,18,21). The molecule has 0 saturated carbocycles. The molecule has 2 rings (SSSR count). The van der Waals surface area contributed by atoms with Gasteiger partial charge in [-0.2, -0.15) is 9.97 Å². The van der Waals surface area contributed by atoms with Crippen molar-refractivity contribution in [3.05, 3.63) is 41.2 Å². The van der Waals surface area contributed by atoms with Gasteiger partial charge in [-0.05, 0) is 17.7 Å². The largest absolute Gasteiger partial charge is 0.481 e. The van der Waals surface area contributed by atoms with Gasteiger partial charge >= 0.3 is 0 Å². The second-order valence-electron chi connectivity index (χ2n) is 5.10. The molecule has 0 atom stereocenters. The lowest BCUT2D eigenvalue weighted by molar-refractivity contribution is -0.114. The Kier molecular flexibility index (Phi) is 6.02. The molecule has 1 heterocycles. The Morgan fingerprint density at radius 2 is 1.68 bits per heavy atom. The molecule has 0 aliphatic carbocycles. The van der Waals surface area contributed by atoms with Crippen LogP contribution < -0.4 is 14.8 Å². The van der Waals surface area contributed by atoms with Crippen LogP contribution in [0.25, 0.3) is 0 Å². The van der Waals surface area contributed by atoms with Gasteiger partial charge in [0.05, 0.1) is 32.6 Å². The van der Waals surface area contributed by atoms with E-state index in [4.69, 9.17) is 14.2 Å². The van der Waals surface area contributed by atoms with Crippen molar-refractivity contribution >= 4 is 17.4 Å². The van der Waals surface area contributed by atoms with Gasteiger partial charge in [0.15, 0.2) is 0 Å². The van der Waals surface area contributed by atoms with Crippen LogP contribution in [0.3, 0.4) is 0 Å². The Balaban J connectivity index is 2.52. The molecule has 0 bridgehead atoms. The summed E-state index contributed by atoms with van der Waals surface area (Å²) in [4.78, 5) is 32.5. The molecule has 8 nitrogen and oxygen atoms in total. The van der Waals surface area contributed by atoms with E-state index >= 15 is 0 Å². The number of hydrogen-bond donors (Lipinski definition) is 1. The van der Waals surface area contributed by atoms with E-state index in [1.807, 2.05) is 0 Å². The molecule has 1 N–H and O–H groups in total. The highest BCUT2D eigenvalue weighted by Gasteiger charge is 2.20. The monoisotopic (exact) mass is 345 g/mol. The van der Waals surface area contributed by atoms with Gasteiger partial charge in [-0.3, -0.25) is 9.59 Å². The minimum Gasteiger partial charge on any atom is -0.481 e. The Bertz CT molecular complexity index is 770. The number of ketones is 1. The van der Waals surface area contributed by atoms with Crippen molar-refractivity contribution in [2.75, 3.05) is 26.6 Å². The molecule has 0 aliphatic heterocycles. The number of benzene rings is 1. The number of anilines is 1. The van der Waals surface area contributed by atoms with Crippen molar-refractivity contribution in [1.29, 1.82) is 0 Å². The number of hydrogen-bond acceptors (Lipinski definition) is 7. The third-order valence-electron chi connectivity index (χ3n) is 3.25. The third kappa shape index (κ3) is 4.51. The van der Waals surface area contributed by atoms with Crippen LogP contribution in [0.5, 0.6) is 11.8 Å². The summed E-state index contributed by atoms with van der Waals surface area (Å²) in [5.74, 6) is -0.470. The molecular formula is C17H19N3O5. The maximum atomic E-state index is 12.9. The molecule has 1 amide bonds. The summed E-state index contributed by atoms with van der Waals surface area (Å²) >= 11 is 0. The fourth-order valence-electron chi connectivity index (χ4n) is 2.17. The van der Waals surface area contributed by atoms with Crippen molar-refractivity contribution < 1.29 is 23.8 Å². The first kappa shape index (κ1) is 18.3. The summed E-state index contributed by atoms with van der Waals surface area (Å²) in [6, 6.07) is 6.50. The van der Waals surface area contributed by atoms with Gasteiger partial charge in [0.2, 0.25) is 29.3 Å². The summed E-state index contributed by atoms with van der Waals surface area (Å²) in [5.41, 5.74) is 1.39. The van der Waals surface area contributed by atoms with Crippen molar-refractivity contribution in [2.24, 2.45) is 0 Å². The topological polar surface area (TPSA) is 99.6 Å². The molecule has 132 valence electrons. The second-order valence-corrected chi connectivity index (χ2v) is 5.10. The maximum Gasteiger partial charge on any atom is 0.232 e. The number of aromatic nitrogens is 2. The Morgan fingerprint density at radius 1 is 1.04 bits per heavy atom. The number of carbonyl (C=O) groups excluding carboxylic acids is 2. The van der Waals surface area contributed by atoms with Gasteiger partial charge in [0, 0.05) is 19.6 Å². The Labute approximate surface area is 145 Å². The summed E-state index contributed by atoms with van der Waals surface area (Å²) < 4.78 is 15.2. The van der Waals surface area contributed by atoms with Crippen molar-refractivity contribution in [1.82, 2.24) is 9.97 Å². The molecule has 1 aromatic carbocycles. The fraction of sp³-hybridized carbons (Fsp3) is 0.294. The molecule has 0 radical (unpaired) electrons. The van der Waals surface area contributed by atoms with Crippen LogP contribution in [-0.2, 0) is 16.1 Å². The van der Waals surface area contributed by atoms with Crippen LogP contribution in [0.2, 0.25) is 0 Å². The zero-order valence-electron chi connectivity index (χ0n) is 14.5. The lowest BCUT2D eigenvalue weighted by atomic mass is 10.0. The van der Waals surface area contributed by atoms with Crippen LogP contribution in [0.15, 0.2) is 24.3 Å². The van der Waals surface area contributed by atoms with Gasteiger partial charge in [-0.1, -0.05) is 6.07 Å². The first-order chi connectivity index (χ1) is 12.0. The lowest BCUT2D eigenvalue weighted by Crippen LogP contribution is -2.15. The van der Waals surface area contributed by atoms with Gasteiger partial charge in [0.25, 0.3) is 0 Å². The van der Waals surface area contributed by atoms with E-state index in [2.05, 4.69) is 15.3 Å². The normalized spacial score (nSPS) is 10.2. The molecule has 0 spiro atoms. The third-order valence-corrected chi connectivity index (χ3v) is 3.25. The number of ether oxygens (including phenoxy) is 3. The lowest BCUT2D eigenvalue weighted by Gasteiger charge is -2.12. The van der Waals surface area contributed by atoms with Crippen LogP contribution in [-0.4, -0.2) is 43.0 Å². The molecular weight excluding hydrogens is 326 g/mol. The Morgan fingerprint density at radius 3 is 2.20 bits per heavy atom. The molecule has 2 aromatic rings. The van der Waals surface area contributed by atoms with Crippen molar-refractivity contribution in [2.45, 2.75) is 13.5 Å². The van der Waals surface area contributed by atoms with Gasteiger partial charge < -0.3 is 19.5 Å². The van der Waals surface area contributed by atoms with E-state index in [0.29, 0.717) is 12.3 Å². The molecule has 0 aliphatic rings. The molecule has 0 saturated heterocycles. The average molecular weight is 345 g/mol. The minimum atomic E-state index is -0.473. The minimum absolute atomic E-state index is 0.0997. The second kappa shape index (κ2) is 8.20. The highest BCUT2D eigenvalue weighted by molar-refractivity contribution is 6.12. The van der Waals surface area contributed by atoms with E-state index in [9.17, 15) is 9.59 Å². The predicted octanol–water partition coefficient (Wildman–Crippen LogP) is 1.83. The van der Waals surface area contributed by atoms with Gasteiger partial charge in [-0.15, -0.1) is 0 Å². The number of rotatable bonds is 7. The van der Waals surface area contributed by atoms with E-state index in [0.717, 1.165) is 5.56 Å². The van der Waals surface area contributed by atoms with E-state index in [1.54, 1.807) is 25.3 Å².